The minimum Gasteiger partial charge on any atom is -0.473 e. The van der Waals surface area contributed by atoms with Crippen LogP contribution >= 0.6 is 0 Å². The molecule has 1 aromatic heterocycles. The number of anilines is 1. The number of carbonyl (C=O) groups excluding carboxylic acids is 1. The first-order chi connectivity index (χ1) is 10.0. The number of rotatable bonds is 4. The SMILES string of the molecule is CC(C)Oc1nn(C)c2ccc(NC(=O)C3CCC3)cc12. The van der Waals surface area contributed by atoms with Crippen LogP contribution in [0.5, 0.6) is 5.88 Å². The van der Waals surface area contributed by atoms with Crippen LogP contribution in [-0.4, -0.2) is 21.8 Å². The minimum absolute atomic E-state index is 0.0660. The number of ether oxygens (including phenoxy) is 1. The molecule has 1 fully saturated rings. The largest absolute Gasteiger partial charge is 0.473 e. The van der Waals surface area contributed by atoms with Crippen LogP contribution in [0.15, 0.2) is 18.2 Å². The summed E-state index contributed by atoms with van der Waals surface area (Å²) in [6.45, 7) is 3.95. The second-order valence-corrected chi connectivity index (χ2v) is 5.94. The summed E-state index contributed by atoms with van der Waals surface area (Å²) in [5.74, 6) is 0.916. The average molecular weight is 287 g/mol. The Balaban J connectivity index is 1.88. The monoisotopic (exact) mass is 287 g/mol. The van der Waals surface area contributed by atoms with Crippen LogP contribution in [0.2, 0.25) is 0 Å². The van der Waals surface area contributed by atoms with Gasteiger partial charge < -0.3 is 10.1 Å². The van der Waals surface area contributed by atoms with Gasteiger partial charge in [0.1, 0.15) is 0 Å². The summed E-state index contributed by atoms with van der Waals surface area (Å²) in [6.07, 6.45) is 3.23. The van der Waals surface area contributed by atoms with Crippen molar-refractivity contribution in [3.05, 3.63) is 18.2 Å². The average Bonchev–Trinajstić information content (AvgIpc) is 2.63. The van der Waals surface area contributed by atoms with Crippen molar-refractivity contribution in [2.45, 2.75) is 39.2 Å². The van der Waals surface area contributed by atoms with Gasteiger partial charge in [-0.1, -0.05) is 6.42 Å². The zero-order chi connectivity index (χ0) is 15.0. The number of hydrogen-bond acceptors (Lipinski definition) is 3. The zero-order valence-corrected chi connectivity index (χ0v) is 12.7. The molecule has 5 nitrogen and oxygen atoms in total. The van der Waals surface area contributed by atoms with Crippen LogP contribution < -0.4 is 10.1 Å². The summed E-state index contributed by atoms with van der Waals surface area (Å²) in [5, 5.41) is 8.32. The smallest absolute Gasteiger partial charge is 0.241 e. The third-order valence-electron chi connectivity index (χ3n) is 3.91. The first kappa shape index (κ1) is 13.9. The molecule has 1 N–H and O–H groups in total. The minimum atomic E-state index is 0.0660. The van der Waals surface area contributed by atoms with Crippen molar-refractivity contribution in [2.24, 2.45) is 13.0 Å². The molecule has 1 heterocycles. The molecule has 1 aliphatic rings. The number of amides is 1. The molecule has 0 aliphatic heterocycles. The number of nitrogens with one attached hydrogen (secondary N) is 1. The Bertz CT molecular complexity index is 671. The van der Waals surface area contributed by atoms with Gasteiger partial charge in [-0.05, 0) is 44.9 Å². The second kappa shape index (κ2) is 5.39. The molecule has 112 valence electrons. The first-order valence-electron chi connectivity index (χ1n) is 7.49. The van der Waals surface area contributed by atoms with E-state index in [4.69, 9.17) is 4.74 Å². The molecule has 2 aromatic rings. The Labute approximate surface area is 124 Å². The lowest BCUT2D eigenvalue weighted by molar-refractivity contribution is -0.122. The molecule has 0 atom stereocenters. The lowest BCUT2D eigenvalue weighted by Crippen LogP contribution is -2.27. The molecule has 21 heavy (non-hydrogen) atoms. The molecule has 1 amide bonds. The lowest BCUT2D eigenvalue weighted by Gasteiger charge is -2.24. The van der Waals surface area contributed by atoms with Gasteiger partial charge in [-0.25, -0.2) is 0 Å². The number of hydrogen-bond donors (Lipinski definition) is 1. The third-order valence-corrected chi connectivity index (χ3v) is 3.91. The van der Waals surface area contributed by atoms with Crippen molar-refractivity contribution in [3.8, 4) is 5.88 Å². The normalized spacial score (nSPS) is 15.2. The maximum absolute atomic E-state index is 12.0. The van der Waals surface area contributed by atoms with Crippen molar-refractivity contribution in [1.82, 2.24) is 9.78 Å². The van der Waals surface area contributed by atoms with E-state index in [0.29, 0.717) is 5.88 Å². The molecule has 1 saturated carbocycles. The van der Waals surface area contributed by atoms with Crippen LogP contribution in [0.25, 0.3) is 10.9 Å². The number of fused-ring (bicyclic) bond motifs is 1. The van der Waals surface area contributed by atoms with Gasteiger partial charge in [0, 0.05) is 18.7 Å². The van der Waals surface area contributed by atoms with E-state index in [1.165, 1.54) is 0 Å². The van der Waals surface area contributed by atoms with Crippen molar-refractivity contribution in [3.63, 3.8) is 0 Å². The van der Waals surface area contributed by atoms with Crippen molar-refractivity contribution in [2.75, 3.05) is 5.32 Å². The van der Waals surface area contributed by atoms with Crippen LogP contribution in [0.1, 0.15) is 33.1 Å². The highest BCUT2D eigenvalue weighted by Gasteiger charge is 2.25. The van der Waals surface area contributed by atoms with E-state index in [1.54, 1.807) is 4.68 Å². The van der Waals surface area contributed by atoms with Gasteiger partial charge in [0.25, 0.3) is 0 Å². The summed E-state index contributed by atoms with van der Waals surface area (Å²) < 4.78 is 7.54. The lowest BCUT2D eigenvalue weighted by atomic mass is 9.85. The second-order valence-electron chi connectivity index (χ2n) is 5.94. The maximum atomic E-state index is 12.0. The topological polar surface area (TPSA) is 56.1 Å². The number of benzene rings is 1. The maximum Gasteiger partial charge on any atom is 0.241 e. The number of aryl methyl sites for hydroxylation is 1. The standard InChI is InChI=1S/C16H21N3O2/c1-10(2)21-16-13-9-12(7-8-14(13)19(3)18-16)17-15(20)11-5-4-6-11/h7-11H,4-6H2,1-3H3,(H,17,20). The summed E-state index contributed by atoms with van der Waals surface area (Å²) in [6, 6.07) is 5.82. The molecular weight excluding hydrogens is 266 g/mol. The predicted molar refractivity (Wildman–Crippen MR) is 82.4 cm³/mol. The molecular formula is C16H21N3O2. The first-order valence-corrected chi connectivity index (χ1v) is 7.49. The molecule has 0 spiro atoms. The molecule has 0 unspecified atom stereocenters. The van der Waals surface area contributed by atoms with E-state index < -0.39 is 0 Å². The van der Waals surface area contributed by atoms with E-state index in [0.717, 1.165) is 35.9 Å². The Morgan fingerprint density at radius 1 is 1.43 bits per heavy atom. The Morgan fingerprint density at radius 3 is 2.81 bits per heavy atom. The third kappa shape index (κ3) is 2.73. The quantitative estimate of drug-likeness (QED) is 0.940. The van der Waals surface area contributed by atoms with Gasteiger partial charge >= 0.3 is 0 Å². The van der Waals surface area contributed by atoms with Gasteiger partial charge in [0.2, 0.25) is 11.8 Å². The molecule has 5 heteroatoms. The number of carbonyl (C=O) groups is 1. The Hall–Kier alpha value is -2.04. The van der Waals surface area contributed by atoms with Crippen LogP contribution in [0.3, 0.4) is 0 Å². The molecule has 0 bridgehead atoms. The van der Waals surface area contributed by atoms with E-state index >= 15 is 0 Å². The fourth-order valence-corrected chi connectivity index (χ4v) is 2.54. The highest BCUT2D eigenvalue weighted by Crippen LogP contribution is 2.30. The van der Waals surface area contributed by atoms with Crippen molar-refractivity contribution < 1.29 is 9.53 Å². The van der Waals surface area contributed by atoms with E-state index in [-0.39, 0.29) is 17.9 Å². The van der Waals surface area contributed by atoms with Crippen molar-refractivity contribution in [1.29, 1.82) is 0 Å². The van der Waals surface area contributed by atoms with E-state index in [9.17, 15) is 4.79 Å². The fraction of sp³-hybridized carbons (Fsp3) is 0.500. The molecule has 1 aliphatic carbocycles. The Morgan fingerprint density at radius 2 is 2.19 bits per heavy atom. The predicted octanol–water partition coefficient (Wildman–Crippen LogP) is 3.10. The number of nitrogens with zero attached hydrogens (tertiary/aromatic N) is 2. The summed E-state index contributed by atoms with van der Waals surface area (Å²) in [4.78, 5) is 12.0. The Kier molecular flexibility index (Phi) is 3.57. The van der Waals surface area contributed by atoms with Crippen LogP contribution in [0, 0.1) is 5.92 Å². The van der Waals surface area contributed by atoms with Crippen molar-refractivity contribution >= 4 is 22.5 Å². The van der Waals surface area contributed by atoms with E-state index in [2.05, 4.69) is 10.4 Å². The summed E-state index contributed by atoms with van der Waals surface area (Å²) in [5.41, 5.74) is 1.80. The highest BCUT2D eigenvalue weighted by molar-refractivity contribution is 5.96. The molecule has 1 aromatic carbocycles. The number of aromatic nitrogens is 2. The fourth-order valence-electron chi connectivity index (χ4n) is 2.54. The van der Waals surface area contributed by atoms with E-state index in [1.807, 2.05) is 39.1 Å². The van der Waals surface area contributed by atoms with Gasteiger partial charge in [-0.3, -0.25) is 9.48 Å². The highest BCUT2D eigenvalue weighted by atomic mass is 16.5. The molecule has 3 rings (SSSR count). The zero-order valence-electron chi connectivity index (χ0n) is 12.7. The van der Waals surface area contributed by atoms with Gasteiger partial charge in [0.05, 0.1) is 17.0 Å². The molecule has 0 saturated heterocycles. The van der Waals surface area contributed by atoms with Gasteiger partial charge in [-0.15, -0.1) is 5.10 Å². The van der Waals surface area contributed by atoms with Crippen LogP contribution in [-0.2, 0) is 11.8 Å². The van der Waals surface area contributed by atoms with Crippen LogP contribution in [0.4, 0.5) is 5.69 Å². The summed E-state index contributed by atoms with van der Waals surface area (Å²) >= 11 is 0. The van der Waals surface area contributed by atoms with Gasteiger partial charge in [-0.2, -0.15) is 0 Å². The molecule has 0 radical (unpaired) electrons. The van der Waals surface area contributed by atoms with Gasteiger partial charge in [0.15, 0.2) is 0 Å². The summed E-state index contributed by atoms with van der Waals surface area (Å²) in [7, 11) is 1.89.